The predicted molar refractivity (Wildman–Crippen MR) is 70.9 cm³/mol. The summed E-state index contributed by atoms with van der Waals surface area (Å²) in [6.07, 6.45) is 0.336. The van der Waals surface area contributed by atoms with E-state index in [-0.39, 0.29) is 12.5 Å². The monoisotopic (exact) mass is 238 g/mol. The Morgan fingerprint density at radius 2 is 1.94 bits per heavy atom. The lowest BCUT2D eigenvalue weighted by Gasteiger charge is -2.13. The van der Waals surface area contributed by atoms with Gasteiger partial charge in [-0.05, 0) is 16.3 Å². The maximum Gasteiger partial charge on any atom is 0.227 e. The Morgan fingerprint density at radius 1 is 1.22 bits per heavy atom. The van der Waals surface area contributed by atoms with Gasteiger partial charge in [0.05, 0.1) is 12.5 Å². The first-order valence-electron chi connectivity index (χ1n) is 5.79. The molecule has 0 aliphatic heterocycles. The van der Waals surface area contributed by atoms with Crippen LogP contribution in [0.3, 0.4) is 0 Å². The van der Waals surface area contributed by atoms with Gasteiger partial charge in [-0.1, -0.05) is 42.5 Å². The van der Waals surface area contributed by atoms with Crippen LogP contribution in [0.2, 0.25) is 0 Å². The minimum absolute atomic E-state index is 0.0353. The summed E-state index contributed by atoms with van der Waals surface area (Å²) in [7, 11) is 1.65. The smallest absolute Gasteiger partial charge is 0.227 e. The maximum atomic E-state index is 11.8. The third-order valence-corrected chi connectivity index (χ3v) is 2.90. The zero-order chi connectivity index (χ0) is 13.0. The number of nitriles is 1. The second-order valence-corrected chi connectivity index (χ2v) is 4.27. The fourth-order valence-electron chi connectivity index (χ4n) is 1.85. The zero-order valence-electron chi connectivity index (χ0n) is 10.3. The first kappa shape index (κ1) is 12.1. The molecule has 0 aliphatic rings. The van der Waals surface area contributed by atoms with E-state index in [1.807, 2.05) is 48.5 Å². The van der Waals surface area contributed by atoms with Crippen molar-refractivity contribution in [3.63, 3.8) is 0 Å². The van der Waals surface area contributed by atoms with Crippen molar-refractivity contribution in [2.24, 2.45) is 0 Å². The first-order chi connectivity index (χ1) is 8.70. The summed E-state index contributed by atoms with van der Waals surface area (Å²) >= 11 is 0. The van der Waals surface area contributed by atoms with E-state index in [1.54, 1.807) is 7.05 Å². The Bertz CT molecular complexity index is 613. The molecule has 0 fully saturated rings. The topological polar surface area (TPSA) is 44.1 Å². The van der Waals surface area contributed by atoms with E-state index in [1.165, 1.54) is 10.3 Å². The average molecular weight is 238 g/mol. The molecule has 0 aliphatic carbocycles. The Balaban J connectivity index is 2.17. The van der Waals surface area contributed by atoms with E-state index in [4.69, 9.17) is 5.26 Å². The maximum absolute atomic E-state index is 11.8. The molecule has 0 heterocycles. The molecule has 3 heteroatoms. The van der Waals surface area contributed by atoms with Crippen molar-refractivity contribution in [3.8, 4) is 6.07 Å². The van der Waals surface area contributed by atoms with Gasteiger partial charge in [0.1, 0.15) is 6.54 Å². The molecule has 0 N–H and O–H groups in total. The number of nitrogens with zero attached hydrogens (tertiary/aromatic N) is 2. The number of amides is 1. The number of carbonyl (C=O) groups excluding carboxylic acids is 1. The van der Waals surface area contributed by atoms with Crippen molar-refractivity contribution in [2.75, 3.05) is 13.6 Å². The average Bonchev–Trinajstić information content (AvgIpc) is 2.39. The summed E-state index contributed by atoms with van der Waals surface area (Å²) in [6.45, 7) is 0.131. The van der Waals surface area contributed by atoms with E-state index >= 15 is 0 Å². The number of carbonyl (C=O) groups is 1. The molecule has 0 atom stereocenters. The van der Waals surface area contributed by atoms with Gasteiger partial charge in [-0.25, -0.2) is 0 Å². The highest BCUT2D eigenvalue weighted by Crippen LogP contribution is 2.16. The fourth-order valence-corrected chi connectivity index (χ4v) is 1.85. The van der Waals surface area contributed by atoms with Gasteiger partial charge in [0, 0.05) is 7.05 Å². The molecular weight excluding hydrogens is 224 g/mol. The van der Waals surface area contributed by atoms with Gasteiger partial charge in [0.25, 0.3) is 0 Å². The Morgan fingerprint density at radius 3 is 2.67 bits per heavy atom. The van der Waals surface area contributed by atoms with E-state index < -0.39 is 0 Å². The van der Waals surface area contributed by atoms with Gasteiger partial charge < -0.3 is 4.90 Å². The molecule has 3 nitrogen and oxygen atoms in total. The molecule has 2 aromatic rings. The molecule has 0 unspecified atom stereocenters. The Hall–Kier alpha value is -2.34. The summed E-state index contributed by atoms with van der Waals surface area (Å²) in [5.41, 5.74) is 0.975. The van der Waals surface area contributed by atoms with E-state index in [0.29, 0.717) is 6.42 Å². The lowest BCUT2D eigenvalue weighted by atomic mass is 10.0. The molecule has 2 aromatic carbocycles. The highest BCUT2D eigenvalue weighted by Gasteiger charge is 2.09. The SMILES string of the molecule is CN(CC#N)C(=O)Cc1ccc2ccccc2c1. The lowest BCUT2D eigenvalue weighted by Crippen LogP contribution is -2.28. The number of rotatable bonds is 3. The highest BCUT2D eigenvalue weighted by atomic mass is 16.2. The molecule has 0 saturated heterocycles. The molecule has 18 heavy (non-hydrogen) atoms. The Labute approximate surface area is 106 Å². The quantitative estimate of drug-likeness (QED) is 0.770. The second-order valence-electron chi connectivity index (χ2n) is 4.27. The van der Waals surface area contributed by atoms with E-state index in [2.05, 4.69) is 0 Å². The van der Waals surface area contributed by atoms with Crippen LogP contribution in [0.15, 0.2) is 42.5 Å². The molecule has 90 valence electrons. The zero-order valence-corrected chi connectivity index (χ0v) is 10.3. The summed E-state index contributed by atoms with van der Waals surface area (Å²) in [5, 5.41) is 10.8. The van der Waals surface area contributed by atoms with Gasteiger partial charge in [0.15, 0.2) is 0 Å². The molecule has 0 saturated carbocycles. The largest absolute Gasteiger partial charge is 0.332 e. The minimum Gasteiger partial charge on any atom is -0.332 e. The molecule has 0 radical (unpaired) electrons. The number of benzene rings is 2. The molecule has 0 bridgehead atoms. The van der Waals surface area contributed by atoms with Crippen molar-refractivity contribution in [2.45, 2.75) is 6.42 Å². The normalized spacial score (nSPS) is 10.0. The number of hydrogen-bond donors (Lipinski definition) is 0. The van der Waals surface area contributed by atoms with Crippen LogP contribution in [0.4, 0.5) is 0 Å². The summed E-state index contributed by atoms with van der Waals surface area (Å²) < 4.78 is 0. The van der Waals surface area contributed by atoms with Crippen molar-refractivity contribution in [3.05, 3.63) is 48.0 Å². The number of hydrogen-bond acceptors (Lipinski definition) is 2. The van der Waals surface area contributed by atoms with Gasteiger partial charge in [0.2, 0.25) is 5.91 Å². The summed E-state index contributed by atoms with van der Waals surface area (Å²) in [4.78, 5) is 13.3. The van der Waals surface area contributed by atoms with E-state index in [9.17, 15) is 4.79 Å². The standard InChI is InChI=1S/C15H14N2O/c1-17(9-8-16)15(18)11-12-6-7-13-4-2-3-5-14(13)10-12/h2-7,10H,9,11H2,1H3. The highest BCUT2D eigenvalue weighted by molar-refractivity contribution is 5.85. The lowest BCUT2D eigenvalue weighted by molar-refractivity contribution is -0.128. The molecule has 1 amide bonds. The van der Waals surface area contributed by atoms with Crippen LogP contribution in [-0.4, -0.2) is 24.4 Å². The number of fused-ring (bicyclic) bond motifs is 1. The van der Waals surface area contributed by atoms with Crippen molar-refractivity contribution in [1.29, 1.82) is 5.26 Å². The number of likely N-dealkylation sites (N-methyl/N-ethyl adjacent to an activating group) is 1. The van der Waals surface area contributed by atoms with Crippen LogP contribution in [0, 0.1) is 11.3 Å². The van der Waals surface area contributed by atoms with Gasteiger partial charge in [-0.15, -0.1) is 0 Å². The fraction of sp³-hybridized carbons (Fsp3) is 0.200. The first-order valence-corrected chi connectivity index (χ1v) is 5.79. The molecule has 0 aromatic heterocycles. The molecule has 0 spiro atoms. The second kappa shape index (κ2) is 5.33. The van der Waals surface area contributed by atoms with Gasteiger partial charge in [-0.2, -0.15) is 5.26 Å². The molecular formula is C15H14N2O. The summed E-state index contributed by atoms with van der Waals surface area (Å²) in [6, 6.07) is 16.0. The van der Waals surface area contributed by atoms with Crippen LogP contribution < -0.4 is 0 Å². The van der Waals surface area contributed by atoms with Crippen LogP contribution in [0.1, 0.15) is 5.56 Å². The van der Waals surface area contributed by atoms with Crippen molar-refractivity contribution >= 4 is 16.7 Å². The minimum atomic E-state index is -0.0353. The van der Waals surface area contributed by atoms with Crippen LogP contribution >= 0.6 is 0 Å². The summed E-state index contributed by atoms with van der Waals surface area (Å²) in [5.74, 6) is -0.0353. The van der Waals surface area contributed by atoms with Gasteiger partial charge in [-0.3, -0.25) is 4.79 Å². The third-order valence-electron chi connectivity index (χ3n) is 2.90. The predicted octanol–water partition coefficient (Wildman–Crippen LogP) is 2.36. The van der Waals surface area contributed by atoms with Crippen LogP contribution in [0.25, 0.3) is 10.8 Å². The van der Waals surface area contributed by atoms with Crippen molar-refractivity contribution in [1.82, 2.24) is 4.90 Å². The van der Waals surface area contributed by atoms with Crippen molar-refractivity contribution < 1.29 is 4.79 Å². The third kappa shape index (κ3) is 2.67. The Kier molecular flexibility index (Phi) is 3.59. The van der Waals surface area contributed by atoms with Gasteiger partial charge >= 0.3 is 0 Å². The van der Waals surface area contributed by atoms with E-state index in [0.717, 1.165) is 10.9 Å². The van der Waals surface area contributed by atoms with Crippen LogP contribution in [0.5, 0.6) is 0 Å². The van der Waals surface area contributed by atoms with Crippen LogP contribution in [-0.2, 0) is 11.2 Å². The molecule has 2 rings (SSSR count).